The predicted molar refractivity (Wildman–Crippen MR) is 97.7 cm³/mol. The van der Waals surface area contributed by atoms with E-state index in [2.05, 4.69) is 46.6 Å². The van der Waals surface area contributed by atoms with Crippen LogP contribution in [0, 0.1) is 13.8 Å². The number of nitrogens with zero attached hydrogens (tertiary/aromatic N) is 2. The minimum atomic E-state index is 0.504. The molecular formula is C20H28N4. The summed E-state index contributed by atoms with van der Waals surface area (Å²) in [6.45, 7) is 5.95. The highest BCUT2D eigenvalue weighted by Gasteiger charge is 2.24. The fourth-order valence-corrected chi connectivity index (χ4v) is 3.48. The fraction of sp³-hybridized carbons (Fsp3) is 0.500. The molecule has 0 aromatic carbocycles. The van der Waals surface area contributed by atoms with Crippen LogP contribution in [0.2, 0.25) is 0 Å². The second-order valence-corrected chi connectivity index (χ2v) is 6.79. The maximum atomic E-state index is 4.50. The summed E-state index contributed by atoms with van der Waals surface area (Å²) in [5.74, 6) is 0. The summed E-state index contributed by atoms with van der Waals surface area (Å²) in [6.07, 6.45) is 8.82. The van der Waals surface area contributed by atoms with Crippen LogP contribution < -0.4 is 10.6 Å². The highest BCUT2D eigenvalue weighted by molar-refractivity contribution is 5.18. The highest BCUT2D eigenvalue weighted by Crippen LogP contribution is 2.20. The molecule has 4 heteroatoms. The summed E-state index contributed by atoms with van der Waals surface area (Å²) in [5.41, 5.74) is 4.83. The molecule has 0 radical (unpaired) electrons. The lowest BCUT2D eigenvalue weighted by atomic mass is 9.90. The lowest BCUT2D eigenvalue weighted by molar-refractivity contribution is 0.279. The third-order valence-electron chi connectivity index (χ3n) is 5.07. The molecule has 128 valence electrons. The number of aryl methyl sites for hydroxylation is 2. The Morgan fingerprint density at radius 1 is 0.833 bits per heavy atom. The molecule has 0 spiro atoms. The minimum Gasteiger partial charge on any atom is -0.307 e. The summed E-state index contributed by atoms with van der Waals surface area (Å²) >= 11 is 0. The van der Waals surface area contributed by atoms with Crippen LogP contribution in [0.15, 0.2) is 36.7 Å². The topological polar surface area (TPSA) is 49.8 Å². The highest BCUT2D eigenvalue weighted by atomic mass is 15.0. The quantitative estimate of drug-likeness (QED) is 0.856. The molecule has 0 bridgehead atoms. The Bertz CT molecular complexity index is 598. The Morgan fingerprint density at radius 3 is 1.71 bits per heavy atom. The Balaban J connectivity index is 1.57. The molecule has 0 saturated heterocycles. The second kappa shape index (κ2) is 8.36. The Morgan fingerprint density at radius 2 is 1.29 bits per heavy atom. The molecule has 0 aliphatic heterocycles. The number of nitrogens with one attached hydrogen (secondary N) is 2. The van der Waals surface area contributed by atoms with Gasteiger partial charge in [-0.25, -0.2) is 0 Å². The van der Waals surface area contributed by atoms with E-state index < -0.39 is 0 Å². The van der Waals surface area contributed by atoms with Gasteiger partial charge >= 0.3 is 0 Å². The number of aromatic nitrogens is 2. The maximum Gasteiger partial charge on any atom is 0.0570 e. The first-order valence-electron chi connectivity index (χ1n) is 9.02. The largest absolute Gasteiger partial charge is 0.307 e. The van der Waals surface area contributed by atoms with Crippen LogP contribution in [0.5, 0.6) is 0 Å². The first-order valence-corrected chi connectivity index (χ1v) is 9.02. The van der Waals surface area contributed by atoms with Crippen LogP contribution >= 0.6 is 0 Å². The molecule has 1 aliphatic rings. The Labute approximate surface area is 145 Å². The molecule has 2 aromatic rings. The van der Waals surface area contributed by atoms with E-state index in [0.29, 0.717) is 12.1 Å². The van der Waals surface area contributed by atoms with E-state index in [1.807, 2.05) is 24.5 Å². The number of pyridine rings is 2. The molecular weight excluding hydrogens is 296 g/mol. The van der Waals surface area contributed by atoms with E-state index in [-0.39, 0.29) is 0 Å². The summed E-state index contributed by atoms with van der Waals surface area (Å²) in [5, 5.41) is 7.47. The third kappa shape index (κ3) is 4.40. The van der Waals surface area contributed by atoms with Gasteiger partial charge in [-0.05, 0) is 49.9 Å². The van der Waals surface area contributed by atoms with Crippen LogP contribution in [0.4, 0.5) is 0 Å². The van der Waals surface area contributed by atoms with Crippen molar-refractivity contribution in [2.24, 2.45) is 0 Å². The SMILES string of the molecule is Cc1cccnc1CN[C@@H]1CCCC[C@H]1NCc1ncccc1C. The first-order chi connectivity index (χ1) is 11.7. The number of hydrogen-bond acceptors (Lipinski definition) is 4. The summed E-state index contributed by atoms with van der Waals surface area (Å²) in [4.78, 5) is 9.00. The van der Waals surface area contributed by atoms with Crippen LogP contribution in [0.25, 0.3) is 0 Å². The van der Waals surface area contributed by atoms with Gasteiger partial charge in [0, 0.05) is 37.6 Å². The van der Waals surface area contributed by atoms with Gasteiger partial charge in [0.25, 0.3) is 0 Å². The molecule has 1 fully saturated rings. The van der Waals surface area contributed by atoms with Crippen molar-refractivity contribution in [2.45, 2.75) is 64.7 Å². The molecule has 2 N–H and O–H groups in total. The predicted octanol–water partition coefficient (Wildman–Crippen LogP) is 3.28. The van der Waals surface area contributed by atoms with Gasteiger partial charge in [0.15, 0.2) is 0 Å². The van der Waals surface area contributed by atoms with Gasteiger partial charge < -0.3 is 10.6 Å². The van der Waals surface area contributed by atoms with Crippen molar-refractivity contribution in [3.8, 4) is 0 Å². The lowest BCUT2D eigenvalue weighted by Gasteiger charge is -2.33. The molecule has 1 saturated carbocycles. The molecule has 3 rings (SSSR count). The van der Waals surface area contributed by atoms with Crippen molar-refractivity contribution in [3.63, 3.8) is 0 Å². The molecule has 2 aromatic heterocycles. The van der Waals surface area contributed by atoms with Crippen molar-refractivity contribution in [1.82, 2.24) is 20.6 Å². The monoisotopic (exact) mass is 324 g/mol. The molecule has 2 atom stereocenters. The summed E-state index contributed by atoms with van der Waals surface area (Å²) in [7, 11) is 0. The van der Waals surface area contributed by atoms with Gasteiger partial charge in [0.1, 0.15) is 0 Å². The third-order valence-corrected chi connectivity index (χ3v) is 5.07. The van der Waals surface area contributed by atoms with E-state index in [1.165, 1.54) is 36.8 Å². The normalized spacial score (nSPS) is 20.9. The zero-order chi connectivity index (χ0) is 16.8. The van der Waals surface area contributed by atoms with Crippen LogP contribution in [0.1, 0.15) is 48.2 Å². The number of hydrogen-bond donors (Lipinski definition) is 2. The van der Waals surface area contributed by atoms with E-state index in [1.54, 1.807) is 0 Å². The van der Waals surface area contributed by atoms with Gasteiger partial charge in [-0.15, -0.1) is 0 Å². The standard InChI is InChI=1S/C20H28N4/c1-15-7-5-11-21-19(15)13-23-17-9-3-4-10-18(17)24-14-20-16(2)8-6-12-22-20/h5-8,11-12,17-18,23-24H,3-4,9-10,13-14H2,1-2H3/t17-,18-/m1/s1. The molecule has 1 aliphatic carbocycles. The van der Waals surface area contributed by atoms with Gasteiger partial charge in [-0.1, -0.05) is 25.0 Å². The molecule has 0 unspecified atom stereocenters. The zero-order valence-electron chi connectivity index (χ0n) is 14.8. The second-order valence-electron chi connectivity index (χ2n) is 6.79. The van der Waals surface area contributed by atoms with Crippen LogP contribution in [0.3, 0.4) is 0 Å². The summed E-state index contributed by atoms with van der Waals surface area (Å²) in [6, 6.07) is 9.26. The summed E-state index contributed by atoms with van der Waals surface area (Å²) < 4.78 is 0. The van der Waals surface area contributed by atoms with E-state index in [0.717, 1.165) is 24.5 Å². The van der Waals surface area contributed by atoms with Crippen molar-refractivity contribution in [3.05, 3.63) is 59.2 Å². The van der Waals surface area contributed by atoms with Crippen LogP contribution in [-0.2, 0) is 13.1 Å². The number of rotatable bonds is 6. The molecule has 0 amide bonds. The van der Waals surface area contributed by atoms with Crippen LogP contribution in [-0.4, -0.2) is 22.1 Å². The van der Waals surface area contributed by atoms with Crippen molar-refractivity contribution >= 4 is 0 Å². The van der Waals surface area contributed by atoms with Gasteiger partial charge in [0.05, 0.1) is 11.4 Å². The van der Waals surface area contributed by atoms with Gasteiger partial charge in [-0.3, -0.25) is 9.97 Å². The zero-order valence-corrected chi connectivity index (χ0v) is 14.8. The van der Waals surface area contributed by atoms with Crippen molar-refractivity contribution < 1.29 is 0 Å². The fourth-order valence-electron chi connectivity index (χ4n) is 3.48. The molecule has 4 nitrogen and oxygen atoms in total. The first kappa shape index (κ1) is 17.1. The molecule has 2 heterocycles. The lowest BCUT2D eigenvalue weighted by Crippen LogP contribution is -2.49. The smallest absolute Gasteiger partial charge is 0.0570 e. The van der Waals surface area contributed by atoms with Crippen molar-refractivity contribution in [2.75, 3.05) is 0 Å². The van der Waals surface area contributed by atoms with Crippen molar-refractivity contribution in [1.29, 1.82) is 0 Å². The molecule has 24 heavy (non-hydrogen) atoms. The Hall–Kier alpha value is -1.78. The minimum absolute atomic E-state index is 0.504. The Kier molecular flexibility index (Phi) is 5.94. The van der Waals surface area contributed by atoms with Gasteiger partial charge in [-0.2, -0.15) is 0 Å². The van der Waals surface area contributed by atoms with E-state index in [9.17, 15) is 0 Å². The van der Waals surface area contributed by atoms with Gasteiger partial charge in [0.2, 0.25) is 0 Å². The maximum absolute atomic E-state index is 4.50. The van der Waals surface area contributed by atoms with E-state index in [4.69, 9.17) is 0 Å². The average Bonchev–Trinajstić information content (AvgIpc) is 2.61. The van der Waals surface area contributed by atoms with E-state index >= 15 is 0 Å². The average molecular weight is 324 g/mol.